The van der Waals surface area contributed by atoms with Crippen LogP contribution in [0.3, 0.4) is 0 Å². The highest BCUT2D eigenvalue weighted by molar-refractivity contribution is 6.30. The van der Waals surface area contributed by atoms with Crippen LogP contribution in [0, 0.1) is 12.8 Å². The number of urea groups is 1. The molecule has 8 heteroatoms. The summed E-state index contributed by atoms with van der Waals surface area (Å²) in [5, 5.41) is 6.35. The first-order valence-electron chi connectivity index (χ1n) is 10.2. The minimum absolute atomic E-state index is 0.240. The zero-order valence-electron chi connectivity index (χ0n) is 17.3. The molecule has 0 bridgehead atoms. The van der Waals surface area contributed by atoms with Gasteiger partial charge in [-0.3, -0.25) is 14.5 Å². The quantitative estimate of drug-likeness (QED) is 0.664. The Kier molecular flexibility index (Phi) is 6.36. The number of carbonyl (C=O) groups is 3. The van der Waals surface area contributed by atoms with E-state index in [1.54, 1.807) is 0 Å². The molecule has 2 aliphatic heterocycles. The van der Waals surface area contributed by atoms with Crippen LogP contribution in [0.25, 0.3) is 0 Å². The molecular formula is C21H29ClN4O3. The lowest BCUT2D eigenvalue weighted by Gasteiger charge is -2.23. The van der Waals surface area contributed by atoms with Gasteiger partial charge in [-0.1, -0.05) is 31.5 Å². The summed E-state index contributed by atoms with van der Waals surface area (Å²) in [5.41, 5.74) is 1.42. The van der Waals surface area contributed by atoms with Crippen LogP contribution in [0.1, 0.15) is 38.7 Å². The van der Waals surface area contributed by atoms with Crippen LogP contribution >= 0.6 is 11.6 Å². The maximum atomic E-state index is 12.6. The third-order valence-electron chi connectivity index (χ3n) is 6.14. The second kappa shape index (κ2) is 8.61. The van der Waals surface area contributed by atoms with E-state index in [2.05, 4.69) is 22.5 Å². The van der Waals surface area contributed by atoms with Crippen molar-refractivity contribution in [2.45, 2.75) is 45.6 Å². The molecule has 2 aliphatic rings. The van der Waals surface area contributed by atoms with Gasteiger partial charge in [0.05, 0.1) is 0 Å². The fraction of sp³-hybridized carbons (Fsp3) is 0.571. The van der Waals surface area contributed by atoms with Gasteiger partial charge in [0, 0.05) is 30.3 Å². The van der Waals surface area contributed by atoms with Gasteiger partial charge in [-0.2, -0.15) is 0 Å². The van der Waals surface area contributed by atoms with Crippen molar-refractivity contribution in [1.82, 2.24) is 15.5 Å². The Bertz CT molecular complexity index is 809. The molecule has 1 aromatic carbocycles. The zero-order valence-corrected chi connectivity index (χ0v) is 18.0. The number of anilines is 1. The Balaban J connectivity index is 1.51. The Hall–Kier alpha value is -2.28. The molecule has 0 spiro atoms. The Morgan fingerprint density at radius 3 is 2.69 bits per heavy atom. The van der Waals surface area contributed by atoms with Gasteiger partial charge in [-0.05, 0) is 49.8 Å². The van der Waals surface area contributed by atoms with Crippen molar-refractivity contribution in [3.05, 3.63) is 28.8 Å². The fourth-order valence-electron chi connectivity index (χ4n) is 4.15. The molecule has 0 radical (unpaired) electrons. The summed E-state index contributed by atoms with van der Waals surface area (Å²) in [4.78, 5) is 40.4. The molecular weight excluding hydrogens is 392 g/mol. The van der Waals surface area contributed by atoms with E-state index in [1.807, 2.05) is 32.0 Å². The second-order valence-electron chi connectivity index (χ2n) is 7.95. The standard InChI is InChI=1S/C21H29ClN4O3/c1-4-21(5-2)19(28)26(20(29)24-21)13-18(27)23-11-15-8-9-25(12-15)17-10-16(22)7-6-14(17)3/h6-7,10,15H,4-5,8-9,11-13H2,1-3H3,(H,23,27)(H,24,29). The number of amides is 4. The highest BCUT2D eigenvalue weighted by atomic mass is 35.5. The third kappa shape index (κ3) is 4.34. The van der Waals surface area contributed by atoms with Crippen molar-refractivity contribution in [2.24, 2.45) is 5.92 Å². The smallest absolute Gasteiger partial charge is 0.325 e. The number of rotatable bonds is 7. The van der Waals surface area contributed by atoms with Gasteiger partial charge in [0.25, 0.3) is 5.91 Å². The highest BCUT2D eigenvalue weighted by Crippen LogP contribution is 2.29. The number of benzene rings is 1. The monoisotopic (exact) mass is 420 g/mol. The van der Waals surface area contributed by atoms with Crippen LogP contribution in [-0.4, -0.2) is 54.5 Å². The number of imide groups is 1. The minimum Gasteiger partial charge on any atom is -0.371 e. The van der Waals surface area contributed by atoms with Crippen molar-refractivity contribution < 1.29 is 14.4 Å². The first kappa shape index (κ1) is 21.4. The second-order valence-corrected chi connectivity index (χ2v) is 8.38. The molecule has 2 fully saturated rings. The Morgan fingerprint density at radius 1 is 1.31 bits per heavy atom. The lowest BCUT2D eigenvalue weighted by Crippen LogP contribution is -2.47. The van der Waals surface area contributed by atoms with Gasteiger partial charge in [-0.15, -0.1) is 0 Å². The predicted octanol–water partition coefficient (Wildman–Crippen LogP) is 2.70. The highest BCUT2D eigenvalue weighted by Gasteiger charge is 2.49. The van der Waals surface area contributed by atoms with Crippen molar-refractivity contribution in [3.8, 4) is 0 Å². The van der Waals surface area contributed by atoms with Crippen molar-refractivity contribution >= 4 is 35.1 Å². The first-order valence-corrected chi connectivity index (χ1v) is 10.6. The lowest BCUT2D eigenvalue weighted by molar-refractivity contribution is -0.135. The normalized spacial score (nSPS) is 20.9. The molecule has 0 aromatic heterocycles. The molecule has 7 nitrogen and oxygen atoms in total. The Labute approximate surface area is 176 Å². The number of hydrogen-bond acceptors (Lipinski definition) is 4. The predicted molar refractivity (Wildman–Crippen MR) is 113 cm³/mol. The van der Waals surface area contributed by atoms with Gasteiger partial charge >= 0.3 is 6.03 Å². The summed E-state index contributed by atoms with van der Waals surface area (Å²) < 4.78 is 0. The van der Waals surface area contributed by atoms with Crippen LogP contribution in [-0.2, 0) is 9.59 Å². The first-order chi connectivity index (χ1) is 13.8. The number of nitrogens with zero attached hydrogens (tertiary/aromatic N) is 2. The number of nitrogens with one attached hydrogen (secondary N) is 2. The van der Waals surface area contributed by atoms with Gasteiger partial charge in [-0.25, -0.2) is 4.79 Å². The van der Waals surface area contributed by atoms with Crippen molar-refractivity contribution in [1.29, 1.82) is 0 Å². The van der Waals surface area contributed by atoms with Crippen molar-refractivity contribution in [3.63, 3.8) is 0 Å². The molecule has 0 saturated carbocycles. The van der Waals surface area contributed by atoms with Crippen molar-refractivity contribution in [2.75, 3.05) is 31.1 Å². The molecule has 2 N–H and O–H groups in total. The molecule has 4 amide bonds. The third-order valence-corrected chi connectivity index (χ3v) is 6.38. The molecule has 1 aromatic rings. The zero-order chi connectivity index (χ0) is 21.2. The SMILES string of the molecule is CCC1(CC)NC(=O)N(CC(=O)NCC2CCN(c3cc(Cl)ccc3C)C2)C1=O. The van der Waals surface area contributed by atoms with Gasteiger partial charge < -0.3 is 15.5 Å². The topological polar surface area (TPSA) is 81.8 Å². The molecule has 29 heavy (non-hydrogen) atoms. The molecule has 2 heterocycles. The van der Waals surface area contributed by atoms with E-state index in [4.69, 9.17) is 11.6 Å². The fourth-order valence-corrected chi connectivity index (χ4v) is 4.31. The van der Waals surface area contributed by atoms with Crippen LogP contribution in [0.15, 0.2) is 18.2 Å². The van der Waals surface area contributed by atoms with E-state index in [-0.39, 0.29) is 18.4 Å². The molecule has 0 aliphatic carbocycles. The van der Waals surface area contributed by atoms with Gasteiger partial charge in [0.15, 0.2) is 0 Å². The number of hydrogen-bond donors (Lipinski definition) is 2. The van der Waals surface area contributed by atoms with E-state index in [9.17, 15) is 14.4 Å². The van der Waals surface area contributed by atoms with Crippen LogP contribution in [0.4, 0.5) is 10.5 Å². The van der Waals surface area contributed by atoms with E-state index in [1.165, 1.54) is 5.56 Å². The average Bonchev–Trinajstić information content (AvgIpc) is 3.27. The van der Waals surface area contributed by atoms with Crippen LogP contribution in [0.2, 0.25) is 5.02 Å². The summed E-state index contributed by atoms with van der Waals surface area (Å²) in [6.45, 7) is 7.80. The van der Waals surface area contributed by atoms with Gasteiger partial charge in [0.1, 0.15) is 12.1 Å². The summed E-state index contributed by atoms with van der Waals surface area (Å²) >= 11 is 6.13. The van der Waals surface area contributed by atoms with E-state index >= 15 is 0 Å². The van der Waals surface area contributed by atoms with E-state index in [0.717, 1.165) is 30.1 Å². The minimum atomic E-state index is -0.877. The summed E-state index contributed by atoms with van der Waals surface area (Å²) in [7, 11) is 0. The number of carbonyl (C=O) groups excluding carboxylic acids is 3. The summed E-state index contributed by atoms with van der Waals surface area (Å²) in [6.07, 6.45) is 1.98. The Morgan fingerprint density at radius 2 is 2.03 bits per heavy atom. The summed E-state index contributed by atoms with van der Waals surface area (Å²) in [5.74, 6) is -0.314. The maximum absolute atomic E-state index is 12.6. The summed E-state index contributed by atoms with van der Waals surface area (Å²) in [6, 6.07) is 5.38. The molecule has 158 valence electrons. The van der Waals surface area contributed by atoms with Crippen LogP contribution in [0.5, 0.6) is 0 Å². The van der Waals surface area contributed by atoms with E-state index < -0.39 is 11.6 Å². The van der Waals surface area contributed by atoms with E-state index in [0.29, 0.717) is 30.3 Å². The maximum Gasteiger partial charge on any atom is 0.325 e. The van der Waals surface area contributed by atoms with Crippen LogP contribution < -0.4 is 15.5 Å². The largest absolute Gasteiger partial charge is 0.371 e. The number of halogens is 1. The lowest BCUT2D eigenvalue weighted by atomic mass is 9.93. The molecule has 2 saturated heterocycles. The molecule has 3 rings (SSSR count). The molecule has 1 atom stereocenters. The number of aryl methyl sites for hydroxylation is 1. The average molecular weight is 421 g/mol. The van der Waals surface area contributed by atoms with Gasteiger partial charge in [0.2, 0.25) is 5.91 Å². The molecule has 1 unspecified atom stereocenters.